The number of nitrogens with zero attached hydrogens (tertiary/aromatic N) is 6. The smallest absolute Gasteiger partial charge is 0.224 e. The number of aromatic nitrogens is 4. The van der Waals surface area contributed by atoms with Gasteiger partial charge < -0.3 is 20.1 Å². The van der Waals surface area contributed by atoms with Crippen LogP contribution in [-0.4, -0.2) is 45.2 Å². The molecule has 9 heteroatoms. The van der Waals surface area contributed by atoms with Crippen molar-refractivity contribution in [2.75, 3.05) is 24.6 Å². The summed E-state index contributed by atoms with van der Waals surface area (Å²) in [7, 11) is 0. The first-order valence-electron chi connectivity index (χ1n) is 10.3. The maximum atomic E-state index is 9.37. The Kier molecular flexibility index (Phi) is 5.99. The van der Waals surface area contributed by atoms with Crippen molar-refractivity contribution in [3.8, 4) is 29.1 Å². The van der Waals surface area contributed by atoms with Crippen molar-refractivity contribution in [1.29, 1.82) is 5.26 Å². The zero-order valence-corrected chi connectivity index (χ0v) is 18.4. The van der Waals surface area contributed by atoms with Gasteiger partial charge >= 0.3 is 0 Å². The Morgan fingerprint density at radius 1 is 1.22 bits per heavy atom. The van der Waals surface area contributed by atoms with Crippen molar-refractivity contribution in [1.82, 2.24) is 19.9 Å². The molecule has 4 rings (SSSR count). The fourth-order valence-corrected chi connectivity index (χ4v) is 3.52. The van der Waals surface area contributed by atoms with Crippen LogP contribution in [0.2, 0.25) is 0 Å². The molecule has 1 aromatic carbocycles. The number of rotatable bonds is 5. The van der Waals surface area contributed by atoms with Crippen LogP contribution in [-0.2, 0) is 11.3 Å². The van der Waals surface area contributed by atoms with E-state index in [0.717, 1.165) is 17.9 Å². The summed E-state index contributed by atoms with van der Waals surface area (Å²) in [6.07, 6.45) is 3.36. The number of aryl methyl sites for hydroxylation is 1. The predicted molar refractivity (Wildman–Crippen MR) is 119 cm³/mol. The van der Waals surface area contributed by atoms with Crippen LogP contribution in [0.3, 0.4) is 0 Å². The molecule has 164 valence electrons. The van der Waals surface area contributed by atoms with Crippen LogP contribution in [0.4, 0.5) is 5.82 Å². The molecular formula is C23H25N7O2. The molecule has 0 bridgehead atoms. The molecule has 3 aromatic rings. The molecule has 1 aliphatic rings. The molecule has 1 saturated heterocycles. The zero-order chi connectivity index (χ0) is 22.7. The van der Waals surface area contributed by atoms with E-state index in [0.29, 0.717) is 54.1 Å². The molecule has 0 atom stereocenters. The Balaban J connectivity index is 1.69. The summed E-state index contributed by atoms with van der Waals surface area (Å²) >= 11 is 0. The minimum Gasteiger partial charge on any atom is -0.438 e. The van der Waals surface area contributed by atoms with Crippen molar-refractivity contribution >= 4 is 5.82 Å². The number of ether oxygens (including phenoxy) is 2. The summed E-state index contributed by atoms with van der Waals surface area (Å²) in [5.74, 6) is 2.65. The molecular weight excluding hydrogens is 406 g/mol. The van der Waals surface area contributed by atoms with Crippen molar-refractivity contribution in [2.24, 2.45) is 5.73 Å². The van der Waals surface area contributed by atoms with Gasteiger partial charge in [-0.15, -0.1) is 0 Å². The molecule has 2 N–H and O–H groups in total. The van der Waals surface area contributed by atoms with E-state index in [2.05, 4.69) is 44.8 Å². The number of hydrogen-bond acceptors (Lipinski definition) is 9. The van der Waals surface area contributed by atoms with E-state index < -0.39 is 0 Å². The van der Waals surface area contributed by atoms with Crippen LogP contribution < -0.4 is 15.4 Å². The van der Waals surface area contributed by atoms with E-state index in [1.165, 1.54) is 0 Å². The summed E-state index contributed by atoms with van der Waals surface area (Å²) < 4.78 is 12.0. The van der Waals surface area contributed by atoms with Crippen LogP contribution in [0, 0.1) is 18.3 Å². The number of morpholine rings is 1. The molecule has 32 heavy (non-hydrogen) atoms. The SMILES string of the molecule is Cc1nc(Oc2cc(C#N)ccc2-c2ncc(CN)cn2)cc(N2CCOC(C)(C)C2)n1. The van der Waals surface area contributed by atoms with Gasteiger partial charge in [0.25, 0.3) is 0 Å². The second-order valence-corrected chi connectivity index (χ2v) is 8.19. The normalized spacial score (nSPS) is 15.3. The summed E-state index contributed by atoms with van der Waals surface area (Å²) in [6.45, 7) is 8.36. The average molecular weight is 432 g/mol. The number of benzene rings is 1. The number of anilines is 1. The molecule has 9 nitrogen and oxygen atoms in total. The first-order chi connectivity index (χ1) is 15.4. The van der Waals surface area contributed by atoms with Gasteiger partial charge in [-0.3, -0.25) is 0 Å². The first kappa shape index (κ1) is 21.6. The standard InChI is InChI=1S/C23H25N7O2/c1-15-28-20(30-6-7-31-23(2,3)14-30)9-21(29-15)32-19-8-16(10-24)4-5-18(19)22-26-12-17(11-25)13-27-22/h4-5,8-9,12-13H,6-7,11,14,25H2,1-3H3. The lowest BCUT2D eigenvalue weighted by Crippen LogP contribution is -2.48. The molecule has 3 heterocycles. The lowest BCUT2D eigenvalue weighted by atomic mass is 10.1. The number of hydrogen-bond donors (Lipinski definition) is 1. The Morgan fingerprint density at radius 2 is 2.00 bits per heavy atom. The van der Waals surface area contributed by atoms with E-state index in [-0.39, 0.29) is 5.60 Å². The lowest BCUT2D eigenvalue weighted by Gasteiger charge is -2.38. The quantitative estimate of drug-likeness (QED) is 0.649. The topological polar surface area (TPSA) is 123 Å². The third-order valence-electron chi connectivity index (χ3n) is 5.06. The molecule has 0 saturated carbocycles. The van der Waals surface area contributed by atoms with Crippen molar-refractivity contribution in [2.45, 2.75) is 32.9 Å². The Hall–Kier alpha value is -3.61. The highest BCUT2D eigenvalue weighted by atomic mass is 16.5. The largest absolute Gasteiger partial charge is 0.438 e. The Bertz CT molecular complexity index is 1160. The molecule has 1 aliphatic heterocycles. The summed E-state index contributed by atoms with van der Waals surface area (Å²) in [6, 6.07) is 9.07. The van der Waals surface area contributed by atoms with Gasteiger partial charge in [0.2, 0.25) is 5.88 Å². The van der Waals surface area contributed by atoms with Crippen molar-refractivity contribution < 1.29 is 9.47 Å². The van der Waals surface area contributed by atoms with Gasteiger partial charge in [-0.05, 0) is 39.0 Å². The maximum Gasteiger partial charge on any atom is 0.224 e. The Labute approximate surface area is 186 Å². The van der Waals surface area contributed by atoms with Crippen molar-refractivity contribution in [3.05, 3.63) is 53.6 Å². The molecule has 2 aromatic heterocycles. The molecule has 0 amide bonds. The fraction of sp³-hybridized carbons (Fsp3) is 0.348. The van der Waals surface area contributed by atoms with Gasteiger partial charge in [0, 0.05) is 43.7 Å². The monoisotopic (exact) mass is 431 g/mol. The highest BCUT2D eigenvalue weighted by Gasteiger charge is 2.28. The highest BCUT2D eigenvalue weighted by molar-refractivity contribution is 5.66. The summed E-state index contributed by atoms with van der Waals surface area (Å²) in [5.41, 5.74) is 7.32. The van der Waals surface area contributed by atoms with E-state index >= 15 is 0 Å². The number of nitriles is 1. The highest BCUT2D eigenvalue weighted by Crippen LogP contribution is 2.33. The van der Waals surface area contributed by atoms with Gasteiger partial charge in [0.1, 0.15) is 17.4 Å². The van der Waals surface area contributed by atoms with Gasteiger partial charge in [-0.2, -0.15) is 10.2 Å². The van der Waals surface area contributed by atoms with Crippen LogP contribution in [0.25, 0.3) is 11.4 Å². The second kappa shape index (κ2) is 8.86. The van der Waals surface area contributed by atoms with E-state index in [1.807, 2.05) is 6.92 Å². The molecule has 0 radical (unpaired) electrons. The molecule has 0 unspecified atom stereocenters. The van der Waals surface area contributed by atoms with Gasteiger partial charge in [-0.1, -0.05) is 0 Å². The average Bonchev–Trinajstić information content (AvgIpc) is 2.78. The van der Waals surface area contributed by atoms with E-state index in [1.54, 1.807) is 36.7 Å². The van der Waals surface area contributed by atoms with Gasteiger partial charge in [0.15, 0.2) is 5.82 Å². The van der Waals surface area contributed by atoms with Gasteiger partial charge in [-0.25, -0.2) is 15.0 Å². The van der Waals surface area contributed by atoms with Crippen LogP contribution in [0.1, 0.15) is 30.8 Å². The zero-order valence-electron chi connectivity index (χ0n) is 18.4. The molecule has 0 aliphatic carbocycles. The van der Waals surface area contributed by atoms with Crippen LogP contribution in [0.5, 0.6) is 11.6 Å². The molecule has 0 spiro atoms. The lowest BCUT2D eigenvalue weighted by molar-refractivity contribution is -0.0279. The molecule has 1 fully saturated rings. The third kappa shape index (κ3) is 4.82. The van der Waals surface area contributed by atoms with E-state index in [4.69, 9.17) is 15.2 Å². The predicted octanol–water partition coefficient (Wildman–Crippen LogP) is 2.98. The van der Waals surface area contributed by atoms with Crippen LogP contribution in [0.15, 0.2) is 36.7 Å². The number of nitrogens with two attached hydrogens (primary N) is 1. The third-order valence-corrected chi connectivity index (χ3v) is 5.06. The first-order valence-corrected chi connectivity index (χ1v) is 10.3. The fourth-order valence-electron chi connectivity index (χ4n) is 3.52. The second-order valence-electron chi connectivity index (χ2n) is 8.19. The van der Waals surface area contributed by atoms with Crippen LogP contribution >= 0.6 is 0 Å². The minimum absolute atomic E-state index is 0.264. The Morgan fingerprint density at radius 3 is 2.69 bits per heavy atom. The van der Waals surface area contributed by atoms with Crippen molar-refractivity contribution in [3.63, 3.8) is 0 Å². The summed E-state index contributed by atoms with van der Waals surface area (Å²) in [5, 5.41) is 9.37. The summed E-state index contributed by atoms with van der Waals surface area (Å²) in [4.78, 5) is 20.0. The van der Waals surface area contributed by atoms with Gasteiger partial charge in [0.05, 0.1) is 29.4 Å². The maximum absolute atomic E-state index is 9.37. The minimum atomic E-state index is -0.264. The van der Waals surface area contributed by atoms with E-state index in [9.17, 15) is 5.26 Å².